The minimum absolute atomic E-state index is 0.528. The summed E-state index contributed by atoms with van der Waals surface area (Å²) in [7, 11) is 0. The maximum atomic E-state index is 10.9. The number of carbonyl (C=O) groups is 1. The zero-order chi connectivity index (χ0) is 10.8. The molecule has 0 radical (unpaired) electrons. The Labute approximate surface area is 87.7 Å². The van der Waals surface area contributed by atoms with Crippen LogP contribution in [0.2, 0.25) is 0 Å². The summed E-state index contributed by atoms with van der Waals surface area (Å²) < 4.78 is 5.00. The second kappa shape index (κ2) is 3.69. The van der Waals surface area contributed by atoms with Gasteiger partial charge in [-0.3, -0.25) is 4.79 Å². The van der Waals surface area contributed by atoms with Crippen LogP contribution >= 0.6 is 0 Å². The quantitative estimate of drug-likeness (QED) is 0.701. The summed E-state index contributed by atoms with van der Waals surface area (Å²) in [6.45, 7) is 3.73. The summed E-state index contributed by atoms with van der Waals surface area (Å²) in [5.74, 6) is 0.557. The molecule has 3 heteroatoms. The normalized spacial score (nSPS) is 10.3. The Kier molecular flexibility index (Phi) is 2.37. The van der Waals surface area contributed by atoms with Gasteiger partial charge in [0.15, 0.2) is 6.29 Å². The van der Waals surface area contributed by atoms with E-state index in [0.29, 0.717) is 17.0 Å². The molecule has 0 saturated heterocycles. The van der Waals surface area contributed by atoms with E-state index < -0.39 is 0 Å². The van der Waals surface area contributed by atoms with Crippen molar-refractivity contribution in [2.75, 3.05) is 0 Å². The predicted molar refractivity (Wildman–Crippen MR) is 56.8 cm³/mol. The monoisotopic (exact) mass is 201 g/mol. The van der Waals surface area contributed by atoms with Crippen molar-refractivity contribution >= 4 is 6.29 Å². The van der Waals surface area contributed by atoms with E-state index in [9.17, 15) is 4.79 Å². The maximum absolute atomic E-state index is 10.9. The van der Waals surface area contributed by atoms with Crippen molar-refractivity contribution in [2.24, 2.45) is 0 Å². The number of benzene rings is 1. The van der Waals surface area contributed by atoms with Crippen molar-refractivity contribution in [2.45, 2.75) is 13.8 Å². The van der Waals surface area contributed by atoms with Crippen LogP contribution in [0.5, 0.6) is 0 Å². The molecular weight excluding hydrogens is 190 g/mol. The molecule has 1 heterocycles. The van der Waals surface area contributed by atoms with Crippen molar-refractivity contribution in [3.05, 3.63) is 41.2 Å². The van der Waals surface area contributed by atoms with Gasteiger partial charge in [-0.1, -0.05) is 28.9 Å². The molecule has 1 aromatic carbocycles. The predicted octanol–water partition coefficient (Wildman–Crippen LogP) is 2.77. The topological polar surface area (TPSA) is 43.1 Å². The highest BCUT2D eigenvalue weighted by molar-refractivity contribution is 5.86. The van der Waals surface area contributed by atoms with Gasteiger partial charge in [-0.25, -0.2) is 0 Å². The van der Waals surface area contributed by atoms with Gasteiger partial charge in [-0.2, -0.15) is 0 Å². The van der Waals surface area contributed by atoms with E-state index in [0.717, 1.165) is 17.4 Å². The average Bonchev–Trinajstić information content (AvgIpc) is 2.59. The van der Waals surface area contributed by atoms with Crippen LogP contribution < -0.4 is 0 Å². The fraction of sp³-hybridized carbons (Fsp3) is 0.167. The molecule has 3 nitrogen and oxygen atoms in total. The lowest BCUT2D eigenvalue weighted by Crippen LogP contribution is -1.86. The van der Waals surface area contributed by atoms with Gasteiger partial charge in [0.2, 0.25) is 0 Å². The van der Waals surface area contributed by atoms with Gasteiger partial charge in [0.1, 0.15) is 11.5 Å². The molecular formula is C12H11NO2. The van der Waals surface area contributed by atoms with Crippen molar-refractivity contribution in [1.82, 2.24) is 5.16 Å². The molecule has 2 aromatic rings. The van der Waals surface area contributed by atoms with E-state index in [1.165, 1.54) is 0 Å². The molecule has 2 rings (SSSR count). The third kappa shape index (κ3) is 1.68. The number of hydrogen-bond donors (Lipinski definition) is 0. The van der Waals surface area contributed by atoms with E-state index in [1.54, 1.807) is 6.92 Å². The van der Waals surface area contributed by atoms with E-state index >= 15 is 0 Å². The van der Waals surface area contributed by atoms with Gasteiger partial charge in [0, 0.05) is 5.56 Å². The Morgan fingerprint density at radius 1 is 1.33 bits per heavy atom. The van der Waals surface area contributed by atoms with E-state index in [2.05, 4.69) is 5.16 Å². The first-order valence-corrected chi connectivity index (χ1v) is 4.71. The lowest BCUT2D eigenvalue weighted by molar-refractivity contribution is 0.112. The fourth-order valence-corrected chi connectivity index (χ4v) is 1.52. The zero-order valence-corrected chi connectivity index (χ0v) is 8.65. The standard InChI is InChI=1S/C12H11NO2/c1-8-4-3-5-10(6-8)12-11(7-14)9(2)15-13-12/h3-7H,1-2H3. The molecule has 76 valence electrons. The lowest BCUT2D eigenvalue weighted by Gasteiger charge is -1.98. The second-order valence-corrected chi connectivity index (χ2v) is 3.49. The van der Waals surface area contributed by atoms with Crippen molar-refractivity contribution in [3.8, 4) is 11.3 Å². The molecule has 0 N–H and O–H groups in total. The maximum Gasteiger partial charge on any atom is 0.155 e. The largest absolute Gasteiger partial charge is 0.360 e. The fourth-order valence-electron chi connectivity index (χ4n) is 1.52. The highest BCUT2D eigenvalue weighted by Crippen LogP contribution is 2.24. The molecule has 15 heavy (non-hydrogen) atoms. The van der Waals surface area contributed by atoms with Crippen LogP contribution in [0.15, 0.2) is 28.8 Å². The van der Waals surface area contributed by atoms with E-state index in [-0.39, 0.29) is 0 Å². The summed E-state index contributed by atoms with van der Waals surface area (Å²) >= 11 is 0. The van der Waals surface area contributed by atoms with Crippen LogP contribution in [-0.4, -0.2) is 11.4 Å². The highest BCUT2D eigenvalue weighted by Gasteiger charge is 2.13. The first-order chi connectivity index (χ1) is 7.22. The number of aldehydes is 1. The van der Waals surface area contributed by atoms with Crippen molar-refractivity contribution < 1.29 is 9.32 Å². The molecule has 0 fully saturated rings. The van der Waals surface area contributed by atoms with Gasteiger partial charge in [0.05, 0.1) is 5.56 Å². The summed E-state index contributed by atoms with van der Waals surface area (Å²) in [6, 6.07) is 7.82. The van der Waals surface area contributed by atoms with Crippen LogP contribution in [-0.2, 0) is 0 Å². The zero-order valence-electron chi connectivity index (χ0n) is 8.65. The van der Waals surface area contributed by atoms with Gasteiger partial charge < -0.3 is 4.52 Å². The van der Waals surface area contributed by atoms with Crippen LogP contribution in [0.3, 0.4) is 0 Å². The van der Waals surface area contributed by atoms with Gasteiger partial charge in [-0.05, 0) is 19.9 Å². The highest BCUT2D eigenvalue weighted by atomic mass is 16.5. The van der Waals surface area contributed by atoms with Crippen molar-refractivity contribution in [3.63, 3.8) is 0 Å². The van der Waals surface area contributed by atoms with Gasteiger partial charge in [-0.15, -0.1) is 0 Å². The molecule has 0 unspecified atom stereocenters. The molecule has 0 saturated carbocycles. The average molecular weight is 201 g/mol. The van der Waals surface area contributed by atoms with Crippen LogP contribution in [0, 0.1) is 13.8 Å². The molecule has 1 aromatic heterocycles. The van der Waals surface area contributed by atoms with E-state index in [4.69, 9.17) is 4.52 Å². The number of nitrogens with zero attached hydrogens (tertiary/aromatic N) is 1. The molecule has 0 aliphatic carbocycles. The summed E-state index contributed by atoms with van der Waals surface area (Å²) in [4.78, 5) is 10.9. The van der Waals surface area contributed by atoms with Gasteiger partial charge in [0.25, 0.3) is 0 Å². The Bertz CT molecular complexity index is 500. The number of rotatable bonds is 2. The second-order valence-electron chi connectivity index (χ2n) is 3.49. The molecule has 0 bridgehead atoms. The minimum Gasteiger partial charge on any atom is -0.360 e. The van der Waals surface area contributed by atoms with Gasteiger partial charge >= 0.3 is 0 Å². The first-order valence-electron chi connectivity index (χ1n) is 4.71. The van der Waals surface area contributed by atoms with Crippen LogP contribution in [0.4, 0.5) is 0 Å². The number of hydrogen-bond acceptors (Lipinski definition) is 3. The molecule has 0 aliphatic rings. The number of aryl methyl sites for hydroxylation is 2. The third-order valence-corrected chi connectivity index (χ3v) is 2.32. The molecule has 0 amide bonds. The molecule has 0 aliphatic heterocycles. The Morgan fingerprint density at radius 2 is 2.13 bits per heavy atom. The smallest absolute Gasteiger partial charge is 0.155 e. The Hall–Kier alpha value is -1.90. The Balaban J connectivity index is 2.58. The number of carbonyl (C=O) groups excluding carboxylic acids is 1. The summed E-state index contributed by atoms with van der Waals surface area (Å²) in [5, 5.41) is 3.89. The lowest BCUT2D eigenvalue weighted by atomic mass is 10.1. The van der Waals surface area contributed by atoms with E-state index in [1.807, 2.05) is 31.2 Å². The molecule has 0 atom stereocenters. The number of aromatic nitrogens is 1. The SMILES string of the molecule is Cc1cccc(-c2noc(C)c2C=O)c1. The molecule has 0 spiro atoms. The summed E-state index contributed by atoms with van der Waals surface area (Å²) in [6.07, 6.45) is 0.781. The summed E-state index contributed by atoms with van der Waals surface area (Å²) in [5.41, 5.74) is 3.19. The van der Waals surface area contributed by atoms with Crippen LogP contribution in [0.25, 0.3) is 11.3 Å². The van der Waals surface area contributed by atoms with Crippen LogP contribution in [0.1, 0.15) is 21.7 Å². The minimum atomic E-state index is 0.528. The third-order valence-electron chi connectivity index (χ3n) is 2.32. The Morgan fingerprint density at radius 3 is 2.80 bits per heavy atom. The van der Waals surface area contributed by atoms with Crippen molar-refractivity contribution in [1.29, 1.82) is 0 Å². The first kappa shape index (κ1) is 9.65.